The summed E-state index contributed by atoms with van der Waals surface area (Å²) in [7, 11) is 2.04. The van der Waals surface area contributed by atoms with E-state index in [1.54, 1.807) is 0 Å². The number of carbonyl (C=O) groups is 1. The molecule has 1 amide bonds. The summed E-state index contributed by atoms with van der Waals surface area (Å²) in [6.07, 6.45) is 4.89. The SMILES string of the molecule is CNC(c1ccc2c(c1)C(=O)NCC2)C1CCCC1C. The third-order valence-corrected chi connectivity index (χ3v) is 5.08. The van der Waals surface area contributed by atoms with Crippen LogP contribution in [0.1, 0.15) is 53.7 Å². The van der Waals surface area contributed by atoms with Gasteiger partial charge in [0.15, 0.2) is 0 Å². The molecule has 3 heteroatoms. The van der Waals surface area contributed by atoms with Crippen LogP contribution in [0, 0.1) is 11.8 Å². The number of rotatable bonds is 3. The van der Waals surface area contributed by atoms with Crippen LogP contribution >= 0.6 is 0 Å². The first-order valence-electron chi connectivity index (χ1n) is 7.79. The standard InChI is InChI=1S/C17H24N2O/c1-11-4-3-5-14(11)16(18-2)13-7-6-12-8-9-19-17(20)15(12)10-13/h6-7,10-11,14,16,18H,3-5,8-9H2,1-2H3,(H,19,20). The highest BCUT2D eigenvalue weighted by molar-refractivity contribution is 5.96. The molecule has 3 rings (SSSR count). The van der Waals surface area contributed by atoms with Crippen molar-refractivity contribution in [2.45, 2.75) is 38.6 Å². The largest absolute Gasteiger partial charge is 0.352 e. The maximum absolute atomic E-state index is 12.0. The zero-order valence-electron chi connectivity index (χ0n) is 12.4. The van der Waals surface area contributed by atoms with Crippen LogP contribution in [0.15, 0.2) is 18.2 Å². The van der Waals surface area contributed by atoms with Crippen LogP contribution in [0.5, 0.6) is 0 Å². The second-order valence-electron chi connectivity index (χ2n) is 6.26. The number of carbonyl (C=O) groups excluding carboxylic acids is 1. The van der Waals surface area contributed by atoms with Gasteiger partial charge in [-0.1, -0.05) is 31.9 Å². The quantitative estimate of drug-likeness (QED) is 0.888. The lowest BCUT2D eigenvalue weighted by atomic mass is 9.84. The summed E-state index contributed by atoms with van der Waals surface area (Å²) in [6, 6.07) is 6.83. The molecule has 0 bridgehead atoms. The molecule has 3 unspecified atom stereocenters. The Morgan fingerprint density at radius 3 is 2.90 bits per heavy atom. The number of fused-ring (bicyclic) bond motifs is 1. The van der Waals surface area contributed by atoms with E-state index in [2.05, 4.69) is 35.8 Å². The first kappa shape index (κ1) is 13.6. The van der Waals surface area contributed by atoms with Gasteiger partial charge in [0.1, 0.15) is 0 Å². The Kier molecular flexibility index (Phi) is 3.79. The molecule has 1 saturated carbocycles. The van der Waals surface area contributed by atoms with E-state index in [-0.39, 0.29) is 5.91 Å². The summed E-state index contributed by atoms with van der Waals surface area (Å²) in [5.41, 5.74) is 3.33. The van der Waals surface area contributed by atoms with E-state index in [0.29, 0.717) is 12.0 Å². The Labute approximate surface area is 121 Å². The average Bonchev–Trinajstić information content (AvgIpc) is 2.87. The van der Waals surface area contributed by atoms with E-state index in [0.717, 1.165) is 24.4 Å². The summed E-state index contributed by atoms with van der Waals surface area (Å²) < 4.78 is 0. The van der Waals surface area contributed by atoms with Crippen LogP contribution < -0.4 is 10.6 Å². The fraction of sp³-hybridized carbons (Fsp3) is 0.588. The van der Waals surface area contributed by atoms with E-state index < -0.39 is 0 Å². The van der Waals surface area contributed by atoms with Crippen LogP contribution in [0.2, 0.25) is 0 Å². The second-order valence-corrected chi connectivity index (χ2v) is 6.26. The van der Waals surface area contributed by atoms with Crippen LogP contribution in [0.25, 0.3) is 0 Å². The van der Waals surface area contributed by atoms with Crippen LogP contribution in [-0.2, 0) is 6.42 Å². The molecule has 108 valence electrons. The lowest BCUT2D eigenvalue weighted by molar-refractivity contribution is 0.0946. The lowest BCUT2D eigenvalue weighted by Crippen LogP contribution is -2.33. The van der Waals surface area contributed by atoms with Gasteiger partial charge in [0.05, 0.1) is 0 Å². The van der Waals surface area contributed by atoms with Crippen molar-refractivity contribution < 1.29 is 4.79 Å². The maximum atomic E-state index is 12.0. The van der Waals surface area contributed by atoms with Crippen molar-refractivity contribution in [3.8, 4) is 0 Å². The molecule has 1 heterocycles. The molecule has 3 atom stereocenters. The molecule has 0 radical (unpaired) electrons. The van der Waals surface area contributed by atoms with Gasteiger partial charge in [0, 0.05) is 18.2 Å². The highest BCUT2D eigenvalue weighted by atomic mass is 16.1. The normalized spacial score (nSPS) is 27.0. The highest BCUT2D eigenvalue weighted by Crippen LogP contribution is 2.40. The minimum Gasteiger partial charge on any atom is -0.352 e. The average molecular weight is 272 g/mol. The second kappa shape index (κ2) is 5.57. The zero-order valence-corrected chi connectivity index (χ0v) is 12.4. The first-order chi connectivity index (χ1) is 9.70. The topological polar surface area (TPSA) is 41.1 Å². The Bertz CT molecular complexity index is 512. The van der Waals surface area contributed by atoms with Gasteiger partial charge in [0.2, 0.25) is 0 Å². The molecule has 2 aliphatic rings. The van der Waals surface area contributed by atoms with Crippen molar-refractivity contribution in [2.75, 3.05) is 13.6 Å². The van der Waals surface area contributed by atoms with Crippen molar-refractivity contribution >= 4 is 5.91 Å². The number of hydrogen-bond acceptors (Lipinski definition) is 2. The van der Waals surface area contributed by atoms with E-state index in [9.17, 15) is 4.79 Å². The summed E-state index contributed by atoms with van der Waals surface area (Å²) in [5, 5.41) is 6.42. The lowest BCUT2D eigenvalue weighted by Gasteiger charge is -2.28. The number of amides is 1. The predicted molar refractivity (Wildman–Crippen MR) is 80.8 cm³/mol. The van der Waals surface area contributed by atoms with Gasteiger partial charge >= 0.3 is 0 Å². The van der Waals surface area contributed by atoms with Gasteiger partial charge in [-0.05, 0) is 48.9 Å². The van der Waals surface area contributed by atoms with Crippen LogP contribution in [0.3, 0.4) is 0 Å². The summed E-state index contributed by atoms with van der Waals surface area (Å²) in [4.78, 5) is 12.0. The Balaban J connectivity index is 1.92. The summed E-state index contributed by atoms with van der Waals surface area (Å²) in [6.45, 7) is 3.12. The van der Waals surface area contributed by atoms with E-state index in [1.165, 1.54) is 30.4 Å². The molecule has 1 fully saturated rings. The van der Waals surface area contributed by atoms with E-state index in [1.807, 2.05) is 7.05 Å². The maximum Gasteiger partial charge on any atom is 0.251 e. The predicted octanol–water partition coefficient (Wildman–Crippen LogP) is 2.67. The van der Waals surface area contributed by atoms with E-state index in [4.69, 9.17) is 0 Å². The Morgan fingerprint density at radius 1 is 1.35 bits per heavy atom. The number of hydrogen-bond donors (Lipinski definition) is 2. The van der Waals surface area contributed by atoms with Crippen molar-refractivity contribution in [1.29, 1.82) is 0 Å². The minimum atomic E-state index is 0.0856. The third-order valence-electron chi connectivity index (χ3n) is 5.08. The van der Waals surface area contributed by atoms with E-state index >= 15 is 0 Å². The zero-order chi connectivity index (χ0) is 14.1. The number of nitrogens with one attached hydrogen (secondary N) is 2. The van der Waals surface area contributed by atoms with Crippen LogP contribution in [0.4, 0.5) is 0 Å². The third kappa shape index (κ3) is 2.35. The monoisotopic (exact) mass is 272 g/mol. The Morgan fingerprint density at radius 2 is 2.20 bits per heavy atom. The molecular weight excluding hydrogens is 248 g/mol. The van der Waals surface area contributed by atoms with Gasteiger partial charge in [-0.25, -0.2) is 0 Å². The van der Waals surface area contributed by atoms with Crippen molar-refractivity contribution in [3.05, 3.63) is 34.9 Å². The fourth-order valence-electron chi connectivity index (χ4n) is 3.92. The molecular formula is C17H24N2O. The van der Waals surface area contributed by atoms with Gasteiger partial charge in [-0.3, -0.25) is 4.79 Å². The summed E-state index contributed by atoms with van der Waals surface area (Å²) in [5.74, 6) is 1.53. The van der Waals surface area contributed by atoms with Gasteiger partial charge in [0.25, 0.3) is 5.91 Å². The molecule has 20 heavy (non-hydrogen) atoms. The minimum absolute atomic E-state index is 0.0856. The molecule has 0 aromatic heterocycles. The molecule has 3 nitrogen and oxygen atoms in total. The van der Waals surface area contributed by atoms with Gasteiger partial charge < -0.3 is 10.6 Å². The van der Waals surface area contributed by atoms with Gasteiger partial charge in [-0.15, -0.1) is 0 Å². The van der Waals surface area contributed by atoms with Crippen molar-refractivity contribution in [3.63, 3.8) is 0 Å². The highest BCUT2D eigenvalue weighted by Gasteiger charge is 2.31. The van der Waals surface area contributed by atoms with Crippen molar-refractivity contribution in [2.24, 2.45) is 11.8 Å². The van der Waals surface area contributed by atoms with Gasteiger partial charge in [-0.2, -0.15) is 0 Å². The molecule has 0 saturated heterocycles. The van der Waals surface area contributed by atoms with Crippen molar-refractivity contribution in [1.82, 2.24) is 10.6 Å². The molecule has 2 N–H and O–H groups in total. The molecule has 0 spiro atoms. The molecule has 1 aliphatic carbocycles. The smallest absolute Gasteiger partial charge is 0.251 e. The van der Waals surface area contributed by atoms with Crippen LogP contribution in [-0.4, -0.2) is 19.5 Å². The Hall–Kier alpha value is -1.35. The summed E-state index contributed by atoms with van der Waals surface area (Å²) >= 11 is 0. The molecule has 1 aromatic rings. The molecule has 1 aromatic carbocycles. The fourth-order valence-corrected chi connectivity index (χ4v) is 3.92. The first-order valence-corrected chi connectivity index (χ1v) is 7.79. The molecule has 1 aliphatic heterocycles. The number of benzene rings is 1.